The third kappa shape index (κ3) is 7.39. The molecule has 0 atom stereocenters. The van der Waals surface area contributed by atoms with Gasteiger partial charge in [0.05, 0.1) is 10.8 Å². The van der Waals surface area contributed by atoms with E-state index in [9.17, 15) is 9.59 Å². The molecule has 24 heavy (non-hydrogen) atoms. The van der Waals surface area contributed by atoms with Crippen LogP contribution in [0.25, 0.3) is 0 Å². The van der Waals surface area contributed by atoms with E-state index in [1.165, 1.54) is 0 Å². The van der Waals surface area contributed by atoms with E-state index in [1.54, 1.807) is 6.55 Å². The van der Waals surface area contributed by atoms with Crippen molar-refractivity contribution in [1.82, 2.24) is 0 Å². The summed E-state index contributed by atoms with van der Waals surface area (Å²) in [6.45, 7) is 21.4. The number of hydrogen-bond acceptors (Lipinski definition) is 4. The topological polar surface area (TPSA) is 58.9 Å². The summed E-state index contributed by atoms with van der Waals surface area (Å²) < 4.78 is 13.5. The van der Waals surface area contributed by atoms with Gasteiger partial charge in [-0.05, 0) is 77.9 Å². The van der Waals surface area contributed by atoms with Crippen LogP contribution >= 0.6 is 0 Å². The molecule has 0 aromatic heterocycles. The average molecular weight is 395 g/mol. The molecule has 0 rings (SSSR count). The monoisotopic (exact) mass is 394 g/mol. The van der Waals surface area contributed by atoms with E-state index in [2.05, 4.69) is 60.8 Å². The standard InChI is InChI=1S/C17H42O4Si3/c1-11-16(4,5)20-23(8,9)17(12-2,13-3)21-22(6,7)14-15-24(10,18)19/h18-19H,11-15H2,1-10H3. The molecule has 0 spiro atoms. The van der Waals surface area contributed by atoms with Gasteiger partial charge in [-0.25, -0.2) is 0 Å². The highest BCUT2D eigenvalue weighted by Gasteiger charge is 2.52. The summed E-state index contributed by atoms with van der Waals surface area (Å²) in [7, 11) is -7.16. The molecule has 0 aliphatic carbocycles. The molecule has 2 N–H and O–H groups in total. The molecule has 0 saturated heterocycles. The first-order chi connectivity index (χ1) is 10.6. The lowest BCUT2D eigenvalue weighted by molar-refractivity contribution is 0.0383. The summed E-state index contributed by atoms with van der Waals surface area (Å²) in [5.74, 6) is 0. The molecule has 0 heterocycles. The highest BCUT2D eigenvalue weighted by molar-refractivity contribution is 6.78. The van der Waals surface area contributed by atoms with E-state index in [-0.39, 0.29) is 10.8 Å². The summed E-state index contributed by atoms with van der Waals surface area (Å²) >= 11 is 0. The van der Waals surface area contributed by atoms with E-state index in [4.69, 9.17) is 8.85 Å². The molecule has 0 aliphatic heterocycles. The second kappa shape index (κ2) is 8.45. The Morgan fingerprint density at radius 1 is 0.750 bits per heavy atom. The third-order valence-corrected chi connectivity index (χ3v) is 13.7. The molecular weight excluding hydrogens is 352 g/mol. The summed E-state index contributed by atoms with van der Waals surface area (Å²) in [6, 6.07) is 1.27. The van der Waals surface area contributed by atoms with Crippen molar-refractivity contribution in [2.45, 2.75) is 110 Å². The zero-order valence-corrected chi connectivity index (χ0v) is 20.7. The smallest absolute Gasteiger partial charge is 0.329 e. The Labute approximate surface area is 153 Å². The molecule has 0 aromatic rings. The fourth-order valence-corrected chi connectivity index (χ4v) is 14.3. The first-order valence-electron chi connectivity index (χ1n) is 9.40. The molecule has 0 aromatic carbocycles. The van der Waals surface area contributed by atoms with Crippen LogP contribution in [-0.2, 0) is 8.85 Å². The Morgan fingerprint density at radius 3 is 1.54 bits per heavy atom. The minimum absolute atomic E-state index is 0.137. The van der Waals surface area contributed by atoms with Crippen LogP contribution in [0.1, 0.15) is 53.9 Å². The Bertz CT molecular complexity index is 386. The first kappa shape index (κ1) is 24.5. The van der Waals surface area contributed by atoms with Gasteiger partial charge in [0.15, 0.2) is 8.32 Å². The summed E-state index contributed by atoms with van der Waals surface area (Å²) in [5, 5.41) is -0.224. The van der Waals surface area contributed by atoms with Gasteiger partial charge < -0.3 is 18.4 Å². The van der Waals surface area contributed by atoms with Crippen LogP contribution in [0.5, 0.6) is 0 Å². The average Bonchev–Trinajstić information content (AvgIpc) is 2.41. The van der Waals surface area contributed by atoms with Gasteiger partial charge in [-0.2, -0.15) is 0 Å². The van der Waals surface area contributed by atoms with Crippen molar-refractivity contribution in [2.75, 3.05) is 0 Å². The van der Waals surface area contributed by atoms with Crippen molar-refractivity contribution < 1.29 is 18.4 Å². The van der Waals surface area contributed by atoms with Crippen molar-refractivity contribution >= 4 is 25.2 Å². The number of rotatable bonds is 11. The molecule has 0 saturated carbocycles. The van der Waals surface area contributed by atoms with Gasteiger partial charge in [0, 0.05) is 0 Å². The van der Waals surface area contributed by atoms with Crippen LogP contribution in [-0.4, -0.2) is 45.6 Å². The summed E-state index contributed by atoms with van der Waals surface area (Å²) in [4.78, 5) is 19.6. The predicted octanol–water partition coefficient (Wildman–Crippen LogP) is 4.77. The lowest BCUT2D eigenvalue weighted by Gasteiger charge is -2.50. The second-order valence-electron chi connectivity index (χ2n) is 9.01. The van der Waals surface area contributed by atoms with Crippen molar-refractivity contribution in [3.63, 3.8) is 0 Å². The van der Waals surface area contributed by atoms with Crippen LogP contribution in [0.4, 0.5) is 0 Å². The quantitative estimate of drug-likeness (QED) is 0.495. The van der Waals surface area contributed by atoms with Gasteiger partial charge in [0.2, 0.25) is 8.32 Å². The van der Waals surface area contributed by atoms with Crippen molar-refractivity contribution in [3.05, 3.63) is 0 Å². The maximum Gasteiger partial charge on any atom is 0.329 e. The fraction of sp³-hybridized carbons (Fsp3) is 1.00. The largest absolute Gasteiger partial charge is 0.412 e. The predicted molar refractivity (Wildman–Crippen MR) is 110 cm³/mol. The van der Waals surface area contributed by atoms with Crippen LogP contribution in [0, 0.1) is 0 Å². The Morgan fingerprint density at radius 2 is 1.21 bits per heavy atom. The molecular formula is C17H42O4Si3. The SMILES string of the molecule is CCC(C)(C)O[Si](C)(C)C(CC)(CC)O[Si](C)(C)CC[Si](C)(O)O. The minimum atomic E-state index is -3.02. The Kier molecular flexibility index (Phi) is 8.63. The van der Waals surface area contributed by atoms with E-state index < -0.39 is 25.2 Å². The third-order valence-electron chi connectivity index (χ3n) is 5.29. The van der Waals surface area contributed by atoms with Gasteiger partial charge in [-0.1, -0.05) is 20.8 Å². The number of hydrogen-bond donors (Lipinski definition) is 2. The Hall–Kier alpha value is 0.491. The van der Waals surface area contributed by atoms with Gasteiger partial charge in [0.25, 0.3) is 0 Å². The van der Waals surface area contributed by atoms with Crippen molar-refractivity contribution in [3.8, 4) is 0 Å². The van der Waals surface area contributed by atoms with Gasteiger partial charge in [-0.3, -0.25) is 0 Å². The molecule has 0 aliphatic rings. The lowest BCUT2D eigenvalue weighted by Crippen LogP contribution is -2.63. The Balaban J connectivity index is 5.43. The van der Waals surface area contributed by atoms with Crippen LogP contribution in [0.15, 0.2) is 0 Å². The lowest BCUT2D eigenvalue weighted by atomic mass is 10.1. The zero-order chi connectivity index (χ0) is 19.4. The maximum atomic E-state index is 9.78. The zero-order valence-electron chi connectivity index (χ0n) is 17.7. The molecule has 0 radical (unpaired) electrons. The summed E-state index contributed by atoms with van der Waals surface area (Å²) in [5.41, 5.74) is -0.137. The molecule has 7 heteroatoms. The van der Waals surface area contributed by atoms with Gasteiger partial charge in [0.1, 0.15) is 0 Å². The van der Waals surface area contributed by atoms with Crippen molar-refractivity contribution in [1.29, 1.82) is 0 Å². The summed E-state index contributed by atoms with van der Waals surface area (Å²) in [6.07, 6.45) is 2.85. The van der Waals surface area contributed by atoms with E-state index in [1.807, 2.05) is 0 Å². The van der Waals surface area contributed by atoms with Crippen molar-refractivity contribution in [2.24, 2.45) is 0 Å². The maximum absolute atomic E-state index is 9.78. The van der Waals surface area contributed by atoms with Gasteiger partial charge in [-0.15, -0.1) is 0 Å². The molecule has 146 valence electrons. The van der Waals surface area contributed by atoms with Gasteiger partial charge >= 0.3 is 8.56 Å². The molecule has 0 unspecified atom stereocenters. The second-order valence-corrected chi connectivity index (χ2v) is 20.3. The highest BCUT2D eigenvalue weighted by Crippen LogP contribution is 2.39. The highest BCUT2D eigenvalue weighted by atomic mass is 28.4. The molecule has 4 nitrogen and oxygen atoms in total. The normalized spacial score (nSPS) is 15.0. The molecule has 0 amide bonds. The van der Waals surface area contributed by atoms with Crippen LogP contribution in [0.3, 0.4) is 0 Å². The first-order valence-corrected chi connectivity index (χ1v) is 18.0. The van der Waals surface area contributed by atoms with E-state index >= 15 is 0 Å². The fourth-order valence-electron chi connectivity index (χ4n) is 3.34. The molecule has 0 bridgehead atoms. The van der Waals surface area contributed by atoms with Crippen LogP contribution < -0.4 is 0 Å². The minimum Gasteiger partial charge on any atom is -0.412 e. The van der Waals surface area contributed by atoms with E-state index in [0.717, 1.165) is 25.3 Å². The van der Waals surface area contributed by atoms with Crippen LogP contribution in [0.2, 0.25) is 44.8 Å². The van der Waals surface area contributed by atoms with E-state index in [0.29, 0.717) is 6.04 Å². The molecule has 0 fully saturated rings.